The lowest BCUT2D eigenvalue weighted by atomic mass is 9.79. The SMILES string of the molecule is COC(=O)c1c(C)[nH]c2c1C1C(CCl)CN(C(=O)c3cc4cc(OC)ccc4o3)C1C=C2OC(=O)N(C)CCN(C)C(=O)C(C)(C)C(=O)N(C)/N=C(/C)c1ccc(OCCCC(=O)CCC(=O)CCCN2C(=O)C=CC2=O)cc1. The van der Waals surface area contributed by atoms with Crippen molar-refractivity contribution in [1.29, 1.82) is 0 Å². The average molecular weight is 1110 g/mol. The Morgan fingerprint density at radius 1 is 0.848 bits per heavy atom. The van der Waals surface area contributed by atoms with Crippen LogP contribution in [0.2, 0.25) is 0 Å². The Labute approximate surface area is 462 Å². The Kier molecular flexibility index (Phi) is 18.7. The fourth-order valence-electron chi connectivity index (χ4n) is 10.0. The fourth-order valence-corrected chi connectivity index (χ4v) is 10.3. The number of H-pyrrole nitrogens is 1. The Bertz CT molecular complexity index is 3120. The molecular formula is C57H66ClN7O14. The van der Waals surface area contributed by atoms with Crippen molar-refractivity contribution in [3.63, 3.8) is 0 Å². The first-order valence-corrected chi connectivity index (χ1v) is 26.4. The molecule has 3 aliphatic rings. The van der Waals surface area contributed by atoms with Crippen molar-refractivity contribution in [2.45, 2.75) is 78.2 Å². The number of Topliss-reactive ketones (excluding diaryl/α,β-unsaturated/α-hetero) is 2. The number of ketones is 2. The van der Waals surface area contributed by atoms with Crippen LogP contribution in [0.3, 0.4) is 0 Å². The highest BCUT2D eigenvalue weighted by Gasteiger charge is 2.50. The molecule has 79 heavy (non-hydrogen) atoms. The number of methoxy groups -OCH3 is 2. The van der Waals surface area contributed by atoms with Gasteiger partial charge in [-0.05, 0) is 107 Å². The third-order valence-corrected chi connectivity index (χ3v) is 14.8. The van der Waals surface area contributed by atoms with Crippen LogP contribution in [0, 0.1) is 18.3 Å². The number of carbonyl (C=O) groups excluding carboxylic acids is 9. The first kappa shape index (κ1) is 58.6. The number of rotatable bonds is 24. The maximum absolute atomic E-state index is 14.3. The van der Waals surface area contributed by atoms with E-state index in [4.69, 9.17) is 35.0 Å². The number of amides is 6. The lowest BCUT2D eigenvalue weighted by Gasteiger charge is -2.32. The Hall–Kier alpha value is -8.07. The third kappa shape index (κ3) is 13.1. The van der Waals surface area contributed by atoms with E-state index in [1.807, 2.05) is 0 Å². The highest BCUT2D eigenvalue weighted by atomic mass is 35.5. The fraction of sp³-hybridized carbons (Fsp3) is 0.439. The van der Waals surface area contributed by atoms with Gasteiger partial charge in [0.05, 0.1) is 43.8 Å². The second-order valence-electron chi connectivity index (χ2n) is 20.3. The maximum atomic E-state index is 14.3. The van der Waals surface area contributed by atoms with Crippen molar-refractivity contribution in [3.05, 3.63) is 101 Å². The van der Waals surface area contributed by atoms with Crippen LogP contribution in [0.1, 0.15) is 109 Å². The van der Waals surface area contributed by atoms with Gasteiger partial charge in [0.1, 0.15) is 34.1 Å². The zero-order valence-corrected chi connectivity index (χ0v) is 46.6. The smallest absolute Gasteiger partial charge is 0.415 e. The summed E-state index contributed by atoms with van der Waals surface area (Å²) in [6.07, 6.45) is 4.69. The lowest BCUT2D eigenvalue weighted by Crippen LogP contribution is -2.49. The van der Waals surface area contributed by atoms with Crippen LogP contribution >= 0.6 is 11.6 Å². The summed E-state index contributed by atoms with van der Waals surface area (Å²) in [5, 5.41) is 6.25. The first-order chi connectivity index (χ1) is 37.6. The largest absolute Gasteiger partial charge is 0.497 e. The number of aromatic nitrogens is 1. The number of hydrogen-bond donors (Lipinski definition) is 1. The Morgan fingerprint density at radius 2 is 1.49 bits per heavy atom. The number of benzene rings is 2. The number of ether oxygens (including phenoxy) is 4. The molecule has 0 radical (unpaired) electrons. The summed E-state index contributed by atoms with van der Waals surface area (Å²) < 4.78 is 28.4. The van der Waals surface area contributed by atoms with E-state index in [2.05, 4.69) is 10.1 Å². The number of furan rings is 1. The summed E-state index contributed by atoms with van der Waals surface area (Å²) in [5.41, 5.74) is 1.68. The molecule has 1 N–H and O–H groups in total. The predicted molar refractivity (Wildman–Crippen MR) is 290 cm³/mol. The molecule has 21 nitrogen and oxygen atoms in total. The maximum Gasteiger partial charge on any atom is 0.415 e. The van der Waals surface area contributed by atoms with Crippen molar-refractivity contribution >= 4 is 87.2 Å². The van der Waals surface area contributed by atoms with Gasteiger partial charge in [-0.1, -0.05) is 0 Å². The average Bonchev–Trinajstić information content (AvgIpc) is 4.35. The van der Waals surface area contributed by atoms with Crippen LogP contribution < -0.4 is 9.47 Å². The molecule has 0 saturated carbocycles. The number of aryl methyl sites for hydroxylation is 1. The summed E-state index contributed by atoms with van der Waals surface area (Å²) in [5.74, 6) is -2.46. The van der Waals surface area contributed by atoms with Crippen molar-refractivity contribution in [2.75, 3.05) is 74.0 Å². The van der Waals surface area contributed by atoms with Crippen molar-refractivity contribution in [1.82, 2.24) is 29.6 Å². The molecule has 3 atom stereocenters. The second-order valence-corrected chi connectivity index (χ2v) is 20.6. The van der Waals surface area contributed by atoms with E-state index in [0.717, 1.165) is 9.91 Å². The number of aromatic amines is 1. The number of halogens is 1. The normalized spacial score (nSPS) is 16.8. The number of nitrogens with zero attached hydrogens (tertiary/aromatic N) is 6. The van der Waals surface area contributed by atoms with E-state index in [-0.39, 0.29) is 111 Å². The number of nitrogens with one attached hydrogen (secondary N) is 1. The summed E-state index contributed by atoms with van der Waals surface area (Å²) in [7, 11) is 7.28. The topological polar surface area (TPSA) is 248 Å². The van der Waals surface area contributed by atoms with Crippen LogP contribution in [0.4, 0.5) is 4.79 Å². The summed E-state index contributed by atoms with van der Waals surface area (Å²) in [4.78, 5) is 126. The van der Waals surface area contributed by atoms with Gasteiger partial charge in [-0.25, -0.2) is 14.6 Å². The number of likely N-dealkylation sites (N-methyl/N-ethyl adjacent to an activating group) is 2. The first-order valence-electron chi connectivity index (χ1n) is 25.9. The number of carbonyl (C=O) groups is 9. The van der Waals surface area contributed by atoms with Gasteiger partial charge in [0, 0.05) is 114 Å². The van der Waals surface area contributed by atoms with Crippen LogP contribution in [-0.4, -0.2) is 169 Å². The van der Waals surface area contributed by atoms with Crippen LogP contribution in [0.15, 0.2) is 76.3 Å². The zero-order valence-electron chi connectivity index (χ0n) is 45.8. The molecule has 1 fully saturated rings. The summed E-state index contributed by atoms with van der Waals surface area (Å²) >= 11 is 6.59. The van der Waals surface area contributed by atoms with Crippen molar-refractivity contribution < 1.29 is 66.5 Å². The lowest BCUT2D eigenvalue weighted by molar-refractivity contribution is -0.152. The van der Waals surface area contributed by atoms with Crippen LogP contribution in [0.25, 0.3) is 16.7 Å². The van der Waals surface area contributed by atoms with E-state index < -0.39 is 47.2 Å². The number of esters is 1. The molecule has 420 valence electrons. The highest BCUT2D eigenvalue weighted by Crippen LogP contribution is 2.49. The van der Waals surface area contributed by atoms with Gasteiger partial charge >= 0.3 is 12.1 Å². The molecule has 4 aromatic rings. The van der Waals surface area contributed by atoms with Crippen LogP contribution in [-0.2, 0) is 38.2 Å². The monoisotopic (exact) mass is 1110 g/mol. The number of imide groups is 1. The van der Waals surface area contributed by atoms with E-state index in [0.29, 0.717) is 63.5 Å². The number of fused-ring (bicyclic) bond motifs is 4. The minimum Gasteiger partial charge on any atom is -0.497 e. The minimum absolute atomic E-state index is 0.00628. The van der Waals surface area contributed by atoms with Crippen LogP contribution in [0.5, 0.6) is 11.5 Å². The van der Waals surface area contributed by atoms with Gasteiger partial charge in [-0.15, -0.1) is 11.6 Å². The Balaban J connectivity index is 0.904. The molecule has 6 amide bonds. The molecule has 2 aliphatic heterocycles. The molecule has 1 aliphatic carbocycles. The number of hydrazone groups is 1. The number of alkyl halides is 1. The predicted octanol–water partition coefficient (Wildman–Crippen LogP) is 6.90. The van der Waals surface area contributed by atoms with E-state index >= 15 is 0 Å². The highest BCUT2D eigenvalue weighted by molar-refractivity contribution is 6.18. The molecule has 0 bridgehead atoms. The number of likely N-dealkylation sites (tertiary alicyclic amines) is 1. The van der Waals surface area contributed by atoms with E-state index in [1.165, 1.54) is 64.1 Å². The number of hydrogen-bond acceptors (Lipinski definition) is 15. The second kappa shape index (κ2) is 25.2. The van der Waals surface area contributed by atoms with Gasteiger partial charge in [0.25, 0.3) is 23.6 Å². The summed E-state index contributed by atoms with van der Waals surface area (Å²) in [6.45, 7) is 7.05. The zero-order chi connectivity index (χ0) is 57.5. The Morgan fingerprint density at radius 3 is 2.14 bits per heavy atom. The molecule has 22 heteroatoms. The molecule has 4 heterocycles. The van der Waals surface area contributed by atoms with Gasteiger partial charge in [0.2, 0.25) is 5.91 Å². The molecule has 2 aromatic heterocycles. The molecule has 3 unspecified atom stereocenters. The van der Waals surface area contributed by atoms with Crippen molar-refractivity contribution in [3.8, 4) is 11.5 Å². The standard InChI is InChI=1S/C57H66ClN7O14/c1-33(35-14-18-40(19-15-35)77-27-11-13-39(67)17-16-38(66)12-10-24-64-46(68)22-23-47(64)69)60-63(7)55(73)57(3,4)54(72)61(5)25-26-62(6)56(74)79-44-30-42-49(50-48(53(71)76-9)34(2)59-51(44)50)37(31-58)32-65(42)52(70)45-29-36-28-41(75-8)20-21-43(36)78-45/h14-15,18-23,28-30,37,42,49,59H,10-13,16-17,24-27,31-32H2,1-9H3/b60-33-. The molecular weight excluding hydrogens is 1040 g/mol. The quantitative estimate of drug-likeness (QED) is 0.0143. The molecule has 7 rings (SSSR count). The van der Waals surface area contributed by atoms with Gasteiger partial charge in [-0.2, -0.15) is 5.10 Å². The minimum atomic E-state index is -1.57. The molecule has 1 saturated heterocycles. The van der Waals surface area contributed by atoms with E-state index in [9.17, 15) is 43.2 Å². The van der Waals surface area contributed by atoms with Gasteiger partial charge in [0.15, 0.2) is 11.5 Å². The van der Waals surface area contributed by atoms with E-state index in [1.54, 1.807) is 80.5 Å². The molecule has 2 aromatic carbocycles. The summed E-state index contributed by atoms with van der Waals surface area (Å²) in [6, 6.07) is 13.1. The van der Waals surface area contributed by atoms with Gasteiger partial charge < -0.3 is 43.0 Å². The third-order valence-electron chi connectivity index (χ3n) is 14.4. The molecule has 0 spiro atoms. The van der Waals surface area contributed by atoms with Gasteiger partial charge in [-0.3, -0.25) is 38.5 Å². The van der Waals surface area contributed by atoms with Crippen molar-refractivity contribution in [2.24, 2.45) is 16.4 Å².